The van der Waals surface area contributed by atoms with Crippen LogP contribution < -0.4 is 26.0 Å². The van der Waals surface area contributed by atoms with Crippen molar-refractivity contribution in [2.75, 3.05) is 40.1 Å². The highest BCUT2D eigenvalue weighted by Gasteiger charge is 2.17. The summed E-state index contributed by atoms with van der Waals surface area (Å²) in [5.41, 5.74) is 1.37. The summed E-state index contributed by atoms with van der Waals surface area (Å²) in [6.45, 7) is 2.46. The minimum Gasteiger partial charge on any atom is -0.376 e. The third-order valence-electron chi connectivity index (χ3n) is 4.79. The quantitative estimate of drug-likeness (QED) is 0.384. The normalized spacial score (nSPS) is 15.3. The van der Waals surface area contributed by atoms with E-state index in [9.17, 15) is 22.8 Å². The highest BCUT2D eigenvalue weighted by molar-refractivity contribution is 7.92. The zero-order valence-corrected chi connectivity index (χ0v) is 19.6. The molecule has 1 saturated heterocycles. The summed E-state index contributed by atoms with van der Waals surface area (Å²) < 4.78 is 31.1. The second kappa shape index (κ2) is 11.0. The first-order chi connectivity index (χ1) is 16.1. The number of benzene rings is 2. The molecule has 2 aromatic carbocycles. The van der Waals surface area contributed by atoms with Gasteiger partial charge in [-0.2, -0.15) is 0 Å². The third kappa shape index (κ3) is 7.74. The van der Waals surface area contributed by atoms with E-state index in [2.05, 4.69) is 26.0 Å². The van der Waals surface area contributed by atoms with Crippen LogP contribution in [0.3, 0.4) is 0 Å². The van der Waals surface area contributed by atoms with Crippen molar-refractivity contribution >= 4 is 50.6 Å². The number of nitrogens with one attached hydrogen (secondary N) is 5. The fourth-order valence-electron chi connectivity index (χ4n) is 3.32. The molecule has 5 N–H and O–H groups in total. The summed E-state index contributed by atoms with van der Waals surface area (Å²) in [7, 11) is -3.64. The van der Waals surface area contributed by atoms with Crippen LogP contribution in [0, 0.1) is 0 Å². The van der Waals surface area contributed by atoms with Gasteiger partial charge in [0.15, 0.2) is 0 Å². The SMILES string of the molecule is CC(=O)Nc1ccc(NS(C)(=O)=O)c(C(=O)Nc2ccc(NC(=O)NCC3CCCO3)cc2)c1. The van der Waals surface area contributed by atoms with Gasteiger partial charge in [-0.05, 0) is 55.3 Å². The Kier molecular flexibility index (Phi) is 8.08. The molecule has 0 bridgehead atoms. The van der Waals surface area contributed by atoms with Gasteiger partial charge in [0.1, 0.15) is 0 Å². The van der Waals surface area contributed by atoms with Gasteiger partial charge in [-0.1, -0.05) is 0 Å². The fourth-order valence-corrected chi connectivity index (χ4v) is 3.90. The number of carbonyl (C=O) groups is 3. The molecule has 4 amide bonds. The first-order valence-corrected chi connectivity index (χ1v) is 12.5. The molecule has 3 rings (SSSR count). The summed E-state index contributed by atoms with van der Waals surface area (Å²) in [4.78, 5) is 36.3. The molecule has 0 spiro atoms. The lowest BCUT2D eigenvalue weighted by molar-refractivity contribution is -0.114. The number of ether oxygens (including phenoxy) is 1. The Morgan fingerprint density at radius 3 is 2.21 bits per heavy atom. The van der Waals surface area contributed by atoms with Crippen molar-refractivity contribution in [1.29, 1.82) is 0 Å². The van der Waals surface area contributed by atoms with Gasteiger partial charge in [-0.25, -0.2) is 13.2 Å². The van der Waals surface area contributed by atoms with Crippen LogP contribution in [0.2, 0.25) is 0 Å². The minimum absolute atomic E-state index is 0.0207. The number of carbonyl (C=O) groups excluding carboxylic acids is 3. The molecule has 1 unspecified atom stereocenters. The van der Waals surface area contributed by atoms with E-state index in [1.807, 2.05) is 0 Å². The lowest BCUT2D eigenvalue weighted by Crippen LogP contribution is -2.35. The Morgan fingerprint density at radius 1 is 0.971 bits per heavy atom. The van der Waals surface area contributed by atoms with Crippen molar-refractivity contribution in [2.24, 2.45) is 0 Å². The fraction of sp³-hybridized carbons (Fsp3) is 0.318. The van der Waals surface area contributed by atoms with E-state index in [0.29, 0.717) is 30.2 Å². The highest BCUT2D eigenvalue weighted by Crippen LogP contribution is 2.24. The molecule has 1 fully saturated rings. The summed E-state index contributed by atoms with van der Waals surface area (Å²) in [6.07, 6.45) is 2.92. The standard InChI is InChI=1S/C22H27N5O6S/c1-14(28)24-17-9-10-20(27-34(2,31)32)19(12-17)21(29)25-15-5-7-16(8-6-15)26-22(30)23-13-18-4-3-11-33-18/h5-10,12,18,27H,3-4,11,13H2,1-2H3,(H,24,28)(H,25,29)(H2,23,26,30). The van der Waals surface area contributed by atoms with E-state index in [0.717, 1.165) is 19.1 Å². The average Bonchev–Trinajstić information content (AvgIpc) is 3.27. The summed E-state index contributed by atoms with van der Waals surface area (Å²) in [5.74, 6) is -0.925. The Morgan fingerprint density at radius 2 is 1.62 bits per heavy atom. The first-order valence-electron chi connectivity index (χ1n) is 10.6. The second-order valence-corrected chi connectivity index (χ2v) is 9.57. The van der Waals surface area contributed by atoms with Gasteiger partial charge >= 0.3 is 6.03 Å². The smallest absolute Gasteiger partial charge is 0.319 e. The molecule has 11 nitrogen and oxygen atoms in total. The van der Waals surface area contributed by atoms with Crippen LogP contribution in [0.1, 0.15) is 30.1 Å². The molecule has 1 heterocycles. The monoisotopic (exact) mass is 489 g/mol. The van der Waals surface area contributed by atoms with Gasteiger partial charge < -0.3 is 26.0 Å². The number of rotatable bonds is 8. The van der Waals surface area contributed by atoms with Gasteiger partial charge in [0, 0.05) is 37.1 Å². The van der Waals surface area contributed by atoms with E-state index >= 15 is 0 Å². The molecule has 0 saturated carbocycles. The number of hydrogen-bond donors (Lipinski definition) is 5. The van der Waals surface area contributed by atoms with Crippen LogP contribution in [0.25, 0.3) is 0 Å². The van der Waals surface area contributed by atoms with E-state index in [4.69, 9.17) is 4.74 Å². The third-order valence-corrected chi connectivity index (χ3v) is 5.39. The van der Waals surface area contributed by atoms with Crippen molar-refractivity contribution in [1.82, 2.24) is 5.32 Å². The van der Waals surface area contributed by atoms with Crippen LogP contribution >= 0.6 is 0 Å². The predicted molar refractivity (Wildman–Crippen MR) is 130 cm³/mol. The number of anilines is 4. The Bertz CT molecular complexity index is 1160. The molecule has 2 aromatic rings. The highest BCUT2D eigenvalue weighted by atomic mass is 32.2. The van der Waals surface area contributed by atoms with Gasteiger partial charge in [-0.3, -0.25) is 14.3 Å². The molecule has 12 heteroatoms. The van der Waals surface area contributed by atoms with E-state index in [1.165, 1.54) is 25.1 Å². The molecule has 34 heavy (non-hydrogen) atoms. The first kappa shape index (κ1) is 25.0. The zero-order chi connectivity index (χ0) is 24.7. The topological polar surface area (TPSA) is 155 Å². The second-order valence-electron chi connectivity index (χ2n) is 7.82. The van der Waals surface area contributed by atoms with Crippen molar-refractivity contribution in [3.8, 4) is 0 Å². The maximum Gasteiger partial charge on any atom is 0.319 e. The van der Waals surface area contributed by atoms with Crippen molar-refractivity contribution in [3.63, 3.8) is 0 Å². The summed E-state index contributed by atoms with van der Waals surface area (Å²) in [6, 6.07) is 10.3. The molecule has 0 aliphatic carbocycles. The molecule has 0 aromatic heterocycles. The van der Waals surface area contributed by atoms with Crippen molar-refractivity contribution in [2.45, 2.75) is 25.9 Å². The average molecular weight is 490 g/mol. The van der Waals surface area contributed by atoms with Crippen LogP contribution in [-0.4, -0.2) is 51.8 Å². The van der Waals surface area contributed by atoms with E-state index in [1.54, 1.807) is 24.3 Å². The van der Waals surface area contributed by atoms with Crippen LogP contribution in [0.15, 0.2) is 42.5 Å². The zero-order valence-electron chi connectivity index (χ0n) is 18.8. The number of hydrogen-bond acceptors (Lipinski definition) is 6. The van der Waals surface area contributed by atoms with Gasteiger partial charge in [0.25, 0.3) is 5.91 Å². The molecule has 1 atom stereocenters. The molecule has 1 aliphatic heterocycles. The van der Waals surface area contributed by atoms with Gasteiger partial charge in [-0.15, -0.1) is 0 Å². The van der Waals surface area contributed by atoms with Crippen molar-refractivity contribution in [3.05, 3.63) is 48.0 Å². The van der Waals surface area contributed by atoms with E-state index in [-0.39, 0.29) is 29.3 Å². The molecule has 1 aliphatic rings. The number of amides is 4. The molecule has 182 valence electrons. The number of sulfonamides is 1. The lowest BCUT2D eigenvalue weighted by atomic mass is 10.1. The predicted octanol–water partition coefficient (Wildman–Crippen LogP) is 2.57. The van der Waals surface area contributed by atoms with Crippen LogP contribution in [-0.2, 0) is 19.6 Å². The van der Waals surface area contributed by atoms with Gasteiger partial charge in [0.2, 0.25) is 15.9 Å². The van der Waals surface area contributed by atoms with Crippen molar-refractivity contribution < 1.29 is 27.5 Å². The molecule has 0 radical (unpaired) electrons. The van der Waals surface area contributed by atoms with Crippen LogP contribution in [0.5, 0.6) is 0 Å². The Hall–Kier alpha value is -3.64. The lowest BCUT2D eigenvalue weighted by Gasteiger charge is -2.14. The Balaban J connectivity index is 1.65. The minimum atomic E-state index is -3.64. The Labute approximate surface area is 197 Å². The van der Waals surface area contributed by atoms with Gasteiger partial charge in [0.05, 0.1) is 23.6 Å². The number of urea groups is 1. The molecular weight excluding hydrogens is 462 g/mol. The molecular formula is C22H27N5O6S. The maximum atomic E-state index is 12.9. The largest absolute Gasteiger partial charge is 0.376 e. The maximum absolute atomic E-state index is 12.9. The summed E-state index contributed by atoms with van der Waals surface area (Å²) >= 11 is 0. The summed E-state index contributed by atoms with van der Waals surface area (Å²) in [5, 5.41) is 10.7. The van der Waals surface area contributed by atoms with E-state index < -0.39 is 15.9 Å². The van der Waals surface area contributed by atoms with Crippen LogP contribution in [0.4, 0.5) is 27.5 Å².